The third kappa shape index (κ3) is 4.52. The number of benzene rings is 2. The maximum Gasteiger partial charge on any atom is 0.338 e. The van der Waals surface area contributed by atoms with E-state index < -0.39 is 21.9 Å². The number of nitrogens with one attached hydrogen (secondary N) is 1. The second-order valence-corrected chi connectivity index (χ2v) is 9.06. The van der Waals surface area contributed by atoms with E-state index in [2.05, 4.69) is 5.32 Å². The molecule has 0 aliphatic heterocycles. The molecule has 0 saturated carbocycles. The van der Waals surface area contributed by atoms with E-state index in [9.17, 15) is 18.0 Å². The van der Waals surface area contributed by atoms with Gasteiger partial charge in [-0.3, -0.25) is 9.10 Å². The summed E-state index contributed by atoms with van der Waals surface area (Å²) >= 11 is 1.14. The number of nitrogens with zero attached hydrogens (tertiary/aromatic N) is 1. The minimum atomic E-state index is -3.80. The first kappa shape index (κ1) is 21.5. The van der Waals surface area contributed by atoms with Gasteiger partial charge >= 0.3 is 5.97 Å². The molecule has 156 valence electrons. The molecule has 0 aliphatic rings. The second-order valence-electron chi connectivity index (χ2n) is 6.17. The first-order valence-electron chi connectivity index (χ1n) is 9.04. The molecular formula is C21H20N2O5S2. The average molecular weight is 445 g/mol. The van der Waals surface area contributed by atoms with Crippen LogP contribution in [0, 0.1) is 0 Å². The largest absolute Gasteiger partial charge is 0.462 e. The zero-order chi connectivity index (χ0) is 21.7. The fourth-order valence-electron chi connectivity index (χ4n) is 2.69. The van der Waals surface area contributed by atoms with Crippen LogP contribution in [-0.2, 0) is 14.8 Å². The van der Waals surface area contributed by atoms with Crippen molar-refractivity contribution in [2.24, 2.45) is 0 Å². The van der Waals surface area contributed by atoms with E-state index in [-0.39, 0.29) is 22.1 Å². The summed E-state index contributed by atoms with van der Waals surface area (Å²) in [6.07, 6.45) is 0. The van der Waals surface area contributed by atoms with Crippen LogP contribution < -0.4 is 9.62 Å². The number of carbonyl (C=O) groups is 2. The average Bonchev–Trinajstić information content (AvgIpc) is 3.24. The predicted octanol–water partition coefficient (Wildman–Crippen LogP) is 4.00. The minimum Gasteiger partial charge on any atom is -0.462 e. The first-order valence-corrected chi connectivity index (χ1v) is 11.4. The molecule has 1 aromatic heterocycles. The minimum absolute atomic E-state index is 0.139. The molecule has 1 heterocycles. The molecule has 3 rings (SSSR count). The Kier molecular flexibility index (Phi) is 6.53. The molecule has 9 heteroatoms. The maximum absolute atomic E-state index is 12.9. The molecule has 1 amide bonds. The fourth-order valence-corrected chi connectivity index (χ4v) is 4.80. The fraction of sp³-hybridized carbons (Fsp3) is 0.143. The summed E-state index contributed by atoms with van der Waals surface area (Å²) in [6, 6.07) is 15.9. The molecule has 0 fully saturated rings. The molecule has 0 radical (unpaired) electrons. The highest BCUT2D eigenvalue weighted by molar-refractivity contribution is 7.92. The van der Waals surface area contributed by atoms with Gasteiger partial charge in [-0.2, -0.15) is 0 Å². The van der Waals surface area contributed by atoms with Crippen LogP contribution in [0.2, 0.25) is 0 Å². The number of hydrogen-bond donors (Lipinski definition) is 1. The van der Waals surface area contributed by atoms with Crippen molar-refractivity contribution in [3.8, 4) is 0 Å². The van der Waals surface area contributed by atoms with Crippen LogP contribution in [0.5, 0.6) is 0 Å². The van der Waals surface area contributed by atoms with E-state index >= 15 is 0 Å². The van der Waals surface area contributed by atoms with Crippen molar-refractivity contribution >= 4 is 44.6 Å². The maximum atomic E-state index is 12.9. The van der Waals surface area contributed by atoms with Gasteiger partial charge in [0.25, 0.3) is 15.9 Å². The number of hydrogen-bond acceptors (Lipinski definition) is 6. The van der Waals surface area contributed by atoms with E-state index in [0.29, 0.717) is 11.3 Å². The summed E-state index contributed by atoms with van der Waals surface area (Å²) in [5, 5.41) is 4.38. The lowest BCUT2D eigenvalue weighted by Gasteiger charge is -2.19. The lowest BCUT2D eigenvalue weighted by molar-refractivity contribution is 0.0526. The molecule has 30 heavy (non-hydrogen) atoms. The Morgan fingerprint density at radius 2 is 1.70 bits per heavy atom. The highest BCUT2D eigenvalue weighted by Crippen LogP contribution is 2.30. The van der Waals surface area contributed by atoms with Crippen molar-refractivity contribution in [1.29, 1.82) is 0 Å². The van der Waals surface area contributed by atoms with Gasteiger partial charge in [-0.15, -0.1) is 11.3 Å². The number of anilines is 2. The summed E-state index contributed by atoms with van der Waals surface area (Å²) < 4.78 is 31.8. The Labute approximate surface area is 179 Å². The van der Waals surface area contributed by atoms with Gasteiger partial charge in [0.05, 0.1) is 22.8 Å². The van der Waals surface area contributed by atoms with Crippen LogP contribution in [0.25, 0.3) is 0 Å². The smallest absolute Gasteiger partial charge is 0.338 e. The quantitative estimate of drug-likeness (QED) is 0.556. The lowest BCUT2D eigenvalue weighted by Crippen LogP contribution is -2.28. The predicted molar refractivity (Wildman–Crippen MR) is 117 cm³/mol. The molecule has 0 spiro atoms. The zero-order valence-electron chi connectivity index (χ0n) is 16.4. The normalized spacial score (nSPS) is 11.0. The summed E-state index contributed by atoms with van der Waals surface area (Å²) in [4.78, 5) is 24.9. The Morgan fingerprint density at radius 3 is 2.33 bits per heavy atom. The summed E-state index contributed by atoms with van der Waals surface area (Å²) in [5.74, 6) is -0.886. The van der Waals surface area contributed by atoms with Crippen molar-refractivity contribution in [2.75, 3.05) is 23.3 Å². The van der Waals surface area contributed by atoms with Gasteiger partial charge in [-0.1, -0.05) is 18.2 Å². The van der Waals surface area contributed by atoms with Crippen LogP contribution in [0.4, 0.5) is 11.4 Å². The third-order valence-corrected chi connectivity index (χ3v) is 6.93. The van der Waals surface area contributed by atoms with Crippen LogP contribution in [0.3, 0.4) is 0 Å². The Balaban J connectivity index is 1.79. The molecule has 0 saturated heterocycles. The molecule has 0 aliphatic carbocycles. The molecule has 7 nitrogen and oxygen atoms in total. The molecule has 3 aromatic rings. The third-order valence-electron chi connectivity index (χ3n) is 4.25. The topological polar surface area (TPSA) is 92.8 Å². The second kappa shape index (κ2) is 9.10. The van der Waals surface area contributed by atoms with Gasteiger partial charge < -0.3 is 10.1 Å². The van der Waals surface area contributed by atoms with Crippen LogP contribution in [0.1, 0.15) is 27.0 Å². The first-order chi connectivity index (χ1) is 14.3. The van der Waals surface area contributed by atoms with E-state index in [1.54, 1.807) is 60.8 Å². The monoisotopic (exact) mass is 444 g/mol. The number of amides is 1. The van der Waals surface area contributed by atoms with Gasteiger partial charge in [0.15, 0.2) is 0 Å². The Morgan fingerprint density at radius 1 is 1.03 bits per heavy atom. The van der Waals surface area contributed by atoms with Crippen molar-refractivity contribution < 1.29 is 22.7 Å². The molecular weight excluding hydrogens is 424 g/mol. The highest BCUT2D eigenvalue weighted by atomic mass is 32.2. The standard InChI is InChI=1S/C21H20N2O5S2/c1-3-28-21(25)15-9-11-16(12-10-15)22-20(24)19-18(13-14-29-19)23(2)30(26,27)17-7-5-4-6-8-17/h4-14H,3H2,1-2H3,(H,22,24). The van der Waals surface area contributed by atoms with Crippen molar-refractivity contribution in [1.82, 2.24) is 0 Å². The van der Waals surface area contributed by atoms with E-state index in [1.807, 2.05) is 0 Å². The highest BCUT2D eigenvalue weighted by Gasteiger charge is 2.26. The van der Waals surface area contributed by atoms with E-state index in [0.717, 1.165) is 15.6 Å². The number of sulfonamides is 1. The SMILES string of the molecule is CCOC(=O)c1ccc(NC(=O)c2sccc2N(C)S(=O)(=O)c2ccccc2)cc1. The number of esters is 1. The number of ether oxygens (including phenoxy) is 1. The van der Waals surface area contributed by atoms with Gasteiger partial charge in [-0.25, -0.2) is 13.2 Å². The molecule has 0 unspecified atom stereocenters. The molecule has 0 bridgehead atoms. The lowest BCUT2D eigenvalue weighted by atomic mass is 10.2. The number of thiophene rings is 1. The van der Waals surface area contributed by atoms with Gasteiger partial charge in [0, 0.05) is 12.7 Å². The van der Waals surface area contributed by atoms with E-state index in [1.165, 1.54) is 19.2 Å². The summed E-state index contributed by atoms with van der Waals surface area (Å²) in [6.45, 7) is 2.00. The molecule has 0 atom stereocenters. The summed E-state index contributed by atoms with van der Waals surface area (Å²) in [5.41, 5.74) is 1.13. The van der Waals surface area contributed by atoms with Gasteiger partial charge in [0.1, 0.15) is 4.88 Å². The van der Waals surface area contributed by atoms with Crippen LogP contribution >= 0.6 is 11.3 Å². The van der Waals surface area contributed by atoms with Crippen LogP contribution in [0.15, 0.2) is 70.9 Å². The van der Waals surface area contributed by atoms with Crippen molar-refractivity contribution in [3.63, 3.8) is 0 Å². The molecule has 2 aromatic carbocycles. The number of rotatable bonds is 7. The number of carbonyl (C=O) groups excluding carboxylic acids is 2. The van der Waals surface area contributed by atoms with E-state index in [4.69, 9.17) is 4.74 Å². The summed E-state index contributed by atoms with van der Waals surface area (Å²) in [7, 11) is -2.39. The Hall–Kier alpha value is -3.17. The van der Waals surface area contributed by atoms with Crippen molar-refractivity contribution in [3.05, 3.63) is 76.5 Å². The molecule has 1 N–H and O–H groups in total. The van der Waals surface area contributed by atoms with Crippen molar-refractivity contribution in [2.45, 2.75) is 11.8 Å². The van der Waals surface area contributed by atoms with Gasteiger partial charge in [-0.05, 0) is 54.8 Å². The van der Waals surface area contributed by atoms with Crippen LogP contribution in [-0.4, -0.2) is 33.9 Å². The Bertz CT molecular complexity index is 1140. The zero-order valence-corrected chi connectivity index (χ0v) is 18.0. The van der Waals surface area contributed by atoms with Gasteiger partial charge in [0.2, 0.25) is 0 Å².